The van der Waals surface area contributed by atoms with Gasteiger partial charge in [0.25, 0.3) is 10.0 Å². The van der Waals surface area contributed by atoms with Gasteiger partial charge in [-0.15, -0.1) is 0 Å². The van der Waals surface area contributed by atoms with E-state index in [1.807, 2.05) is 32.0 Å². The molecule has 3 rings (SSSR count). The van der Waals surface area contributed by atoms with E-state index in [1.165, 1.54) is 0 Å². The van der Waals surface area contributed by atoms with E-state index in [9.17, 15) is 8.42 Å². The molecule has 0 aliphatic heterocycles. The second kappa shape index (κ2) is 6.13. The lowest BCUT2D eigenvalue weighted by molar-refractivity contribution is 0.495. The standard InChI is InChI=1S/C18H18N2O3S/c1-12-5-4-6-17(11-12)24(21,22)20-16-9-7-15(8-10-16)18-13(2)23-14(3)19-18/h4-11,20H,1-3H3. The average molecular weight is 342 g/mol. The van der Waals surface area contributed by atoms with Gasteiger partial charge in [0.1, 0.15) is 11.5 Å². The van der Waals surface area contributed by atoms with Gasteiger partial charge in [0.05, 0.1) is 4.90 Å². The smallest absolute Gasteiger partial charge is 0.261 e. The number of aromatic nitrogens is 1. The second-order valence-electron chi connectivity index (χ2n) is 5.64. The largest absolute Gasteiger partial charge is 0.446 e. The zero-order valence-electron chi connectivity index (χ0n) is 13.7. The molecule has 0 spiro atoms. The Kier molecular flexibility index (Phi) is 4.15. The molecule has 24 heavy (non-hydrogen) atoms. The summed E-state index contributed by atoms with van der Waals surface area (Å²) in [6, 6.07) is 13.9. The molecule has 1 N–H and O–H groups in total. The number of nitrogens with one attached hydrogen (secondary N) is 1. The minimum Gasteiger partial charge on any atom is -0.446 e. The van der Waals surface area contributed by atoms with Crippen molar-refractivity contribution in [1.82, 2.24) is 4.98 Å². The Morgan fingerprint density at radius 2 is 1.71 bits per heavy atom. The number of benzene rings is 2. The first-order valence-electron chi connectivity index (χ1n) is 7.49. The van der Waals surface area contributed by atoms with Gasteiger partial charge in [-0.25, -0.2) is 13.4 Å². The van der Waals surface area contributed by atoms with Crippen LogP contribution in [0.1, 0.15) is 17.2 Å². The normalized spacial score (nSPS) is 11.5. The Hall–Kier alpha value is -2.60. The topological polar surface area (TPSA) is 72.2 Å². The molecule has 0 atom stereocenters. The highest BCUT2D eigenvalue weighted by molar-refractivity contribution is 7.92. The van der Waals surface area contributed by atoms with Crippen molar-refractivity contribution in [2.75, 3.05) is 4.72 Å². The molecule has 1 aromatic heterocycles. The molecule has 5 nitrogen and oxygen atoms in total. The number of hydrogen-bond donors (Lipinski definition) is 1. The Balaban J connectivity index is 1.85. The molecule has 3 aromatic rings. The molecule has 124 valence electrons. The van der Waals surface area contributed by atoms with E-state index in [2.05, 4.69) is 9.71 Å². The van der Waals surface area contributed by atoms with Crippen molar-refractivity contribution in [3.05, 3.63) is 65.7 Å². The highest BCUT2D eigenvalue weighted by atomic mass is 32.2. The van der Waals surface area contributed by atoms with Gasteiger partial charge in [-0.05, 0) is 43.7 Å². The molecule has 0 fully saturated rings. The maximum absolute atomic E-state index is 12.4. The van der Waals surface area contributed by atoms with Crippen molar-refractivity contribution in [2.24, 2.45) is 0 Å². The lowest BCUT2D eigenvalue weighted by Crippen LogP contribution is -2.12. The number of anilines is 1. The van der Waals surface area contributed by atoms with Crippen molar-refractivity contribution < 1.29 is 12.8 Å². The Morgan fingerprint density at radius 3 is 2.29 bits per heavy atom. The molecule has 0 bridgehead atoms. The molecule has 2 aromatic carbocycles. The van der Waals surface area contributed by atoms with Crippen molar-refractivity contribution in [2.45, 2.75) is 25.7 Å². The molecule has 0 aliphatic rings. The number of sulfonamides is 1. The fourth-order valence-electron chi connectivity index (χ4n) is 2.49. The van der Waals surface area contributed by atoms with Crippen LogP contribution in [0.5, 0.6) is 0 Å². The van der Waals surface area contributed by atoms with Gasteiger partial charge < -0.3 is 4.42 Å². The molecule has 0 amide bonds. The van der Waals surface area contributed by atoms with Crippen molar-refractivity contribution in [3.8, 4) is 11.3 Å². The predicted molar refractivity (Wildman–Crippen MR) is 93.4 cm³/mol. The van der Waals surface area contributed by atoms with Crippen LogP contribution < -0.4 is 4.72 Å². The zero-order chi connectivity index (χ0) is 17.3. The number of aryl methyl sites for hydroxylation is 3. The zero-order valence-corrected chi connectivity index (χ0v) is 14.5. The number of nitrogens with zero attached hydrogens (tertiary/aromatic N) is 1. The van der Waals surface area contributed by atoms with E-state index < -0.39 is 10.0 Å². The van der Waals surface area contributed by atoms with E-state index in [0.29, 0.717) is 11.6 Å². The lowest BCUT2D eigenvalue weighted by atomic mass is 10.1. The summed E-state index contributed by atoms with van der Waals surface area (Å²) < 4.78 is 32.9. The summed E-state index contributed by atoms with van der Waals surface area (Å²) in [6.07, 6.45) is 0. The fraction of sp³-hybridized carbons (Fsp3) is 0.167. The van der Waals surface area contributed by atoms with Crippen LogP contribution in [0, 0.1) is 20.8 Å². The van der Waals surface area contributed by atoms with Crippen LogP contribution in [0.25, 0.3) is 11.3 Å². The average Bonchev–Trinajstić information content (AvgIpc) is 2.86. The van der Waals surface area contributed by atoms with E-state index in [4.69, 9.17) is 4.42 Å². The van der Waals surface area contributed by atoms with Crippen molar-refractivity contribution in [1.29, 1.82) is 0 Å². The molecule has 0 unspecified atom stereocenters. The molecule has 1 heterocycles. The van der Waals surface area contributed by atoms with Gasteiger partial charge >= 0.3 is 0 Å². The molecule has 0 saturated carbocycles. The number of hydrogen-bond acceptors (Lipinski definition) is 4. The summed E-state index contributed by atoms with van der Waals surface area (Å²) in [6.45, 7) is 5.50. The molecule has 0 radical (unpaired) electrons. The monoisotopic (exact) mass is 342 g/mol. The van der Waals surface area contributed by atoms with Gasteiger partial charge in [-0.2, -0.15) is 0 Å². The Bertz CT molecular complexity index is 974. The molecule has 0 aliphatic carbocycles. The summed E-state index contributed by atoms with van der Waals surface area (Å²) in [4.78, 5) is 4.58. The number of oxazole rings is 1. The van der Waals surface area contributed by atoms with E-state index in [0.717, 1.165) is 22.6 Å². The first kappa shape index (κ1) is 16.3. The third-order valence-corrected chi connectivity index (χ3v) is 4.99. The SMILES string of the molecule is Cc1cccc(S(=O)(=O)Nc2ccc(-c3nc(C)oc3C)cc2)c1. The third-order valence-electron chi connectivity index (χ3n) is 3.61. The van der Waals surface area contributed by atoms with Crippen molar-refractivity contribution in [3.63, 3.8) is 0 Å². The summed E-state index contributed by atoms with van der Waals surface area (Å²) in [7, 11) is -3.60. The van der Waals surface area contributed by atoms with E-state index in [-0.39, 0.29) is 4.90 Å². The first-order chi connectivity index (χ1) is 11.3. The van der Waals surface area contributed by atoms with Gasteiger partial charge in [0.15, 0.2) is 5.89 Å². The van der Waals surface area contributed by atoms with E-state index in [1.54, 1.807) is 37.3 Å². The molecular formula is C18H18N2O3S. The van der Waals surface area contributed by atoms with Crippen LogP contribution >= 0.6 is 0 Å². The van der Waals surface area contributed by atoms with Crippen molar-refractivity contribution >= 4 is 15.7 Å². The van der Waals surface area contributed by atoms with Crippen LogP contribution in [0.4, 0.5) is 5.69 Å². The maximum atomic E-state index is 12.4. The van der Waals surface area contributed by atoms with Crippen LogP contribution in [-0.4, -0.2) is 13.4 Å². The van der Waals surface area contributed by atoms with Crippen LogP contribution in [0.2, 0.25) is 0 Å². The fourth-order valence-corrected chi connectivity index (χ4v) is 3.65. The maximum Gasteiger partial charge on any atom is 0.261 e. The van der Waals surface area contributed by atoms with Gasteiger partial charge in [0, 0.05) is 18.2 Å². The third kappa shape index (κ3) is 3.33. The summed E-state index contributed by atoms with van der Waals surface area (Å²) in [5.41, 5.74) is 3.03. The minimum absolute atomic E-state index is 0.245. The molecule has 6 heteroatoms. The van der Waals surface area contributed by atoms with Gasteiger partial charge in [-0.1, -0.05) is 24.3 Å². The van der Waals surface area contributed by atoms with Gasteiger partial charge in [-0.3, -0.25) is 4.72 Å². The summed E-state index contributed by atoms with van der Waals surface area (Å²) in [5, 5.41) is 0. The first-order valence-corrected chi connectivity index (χ1v) is 8.97. The molecular weight excluding hydrogens is 324 g/mol. The highest BCUT2D eigenvalue weighted by Crippen LogP contribution is 2.25. The predicted octanol–water partition coefficient (Wildman–Crippen LogP) is 4.07. The Morgan fingerprint density at radius 1 is 1.00 bits per heavy atom. The van der Waals surface area contributed by atoms with Crippen LogP contribution in [0.15, 0.2) is 57.8 Å². The van der Waals surface area contributed by atoms with Crippen LogP contribution in [-0.2, 0) is 10.0 Å². The highest BCUT2D eigenvalue weighted by Gasteiger charge is 2.15. The Labute approximate surface area is 141 Å². The number of rotatable bonds is 4. The lowest BCUT2D eigenvalue weighted by Gasteiger charge is -2.09. The minimum atomic E-state index is -3.60. The summed E-state index contributed by atoms with van der Waals surface area (Å²) in [5.74, 6) is 1.34. The van der Waals surface area contributed by atoms with Crippen LogP contribution in [0.3, 0.4) is 0 Å². The summed E-state index contributed by atoms with van der Waals surface area (Å²) >= 11 is 0. The second-order valence-corrected chi connectivity index (χ2v) is 7.32. The molecule has 0 saturated heterocycles. The quantitative estimate of drug-likeness (QED) is 0.776. The van der Waals surface area contributed by atoms with E-state index >= 15 is 0 Å². The van der Waals surface area contributed by atoms with Gasteiger partial charge in [0.2, 0.25) is 0 Å².